The van der Waals surface area contributed by atoms with Gasteiger partial charge in [0.1, 0.15) is 0 Å². The number of nitrogens with zero attached hydrogens (tertiary/aromatic N) is 2. The van der Waals surface area contributed by atoms with Gasteiger partial charge in [0.05, 0.1) is 25.7 Å². The van der Waals surface area contributed by atoms with Crippen LogP contribution < -0.4 is 0 Å². The molecule has 0 aromatic rings. The Hall–Kier alpha value is -1.14. The van der Waals surface area contributed by atoms with Gasteiger partial charge in [0.2, 0.25) is 5.91 Å². The number of carbonyl (C=O) groups is 2. The Labute approximate surface area is 101 Å². The molecule has 1 atom stereocenters. The van der Waals surface area contributed by atoms with E-state index in [0.717, 1.165) is 0 Å². The number of carbonyl (C=O) groups excluding carboxylic acids is 1. The number of hydrogen-bond donors (Lipinski definition) is 1. The summed E-state index contributed by atoms with van der Waals surface area (Å²) in [5.74, 6) is -1.26. The van der Waals surface area contributed by atoms with Crippen LogP contribution in [0.15, 0.2) is 0 Å². The molecule has 0 aliphatic carbocycles. The molecule has 0 spiro atoms. The average Bonchev–Trinajstić information content (AvgIpc) is 2.29. The number of morpholine rings is 1. The standard InChI is InChI=1S/C11H20N2O4/c1-9(11(15)16)7-12(2)8-10(14)13-3-5-17-6-4-13/h9H,3-8H2,1-2H3,(H,15,16). The molecule has 1 aliphatic rings. The highest BCUT2D eigenvalue weighted by atomic mass is 16.5. The lowest BCUT2D eigenvalue weighted by Gasteiger charge is -2.29. The summed E-state index contributed by atoms with van der Waals surface area (Å²) in [6.45, 7) is 4.70. The van der Waals surface area contributed by atoms with E-state index >= 15 is 0 Å². The molecule has 6 nitrogen and oxygen atoms in total. The van der Waals surface area contributed by atoms with E-state index in [1.807, 2.05) is 0 Å². The lowest BCUT2D eigenvalue weighted by molar-refractivity contribution is -0.143. The van der Waals surface area contributed by atoms with Gasteiger partial charge in [0.25, 0.3) is 0 Å². The van der Waals surface area contributed by atoms with Crippen LogP contribution in [-0.2, 0) is 14.3 Å². The summed E-state index contributed by atoms with van der Waals surface area (Å²) in [6, 6.07) is 0. The highest BCUT2D eigenvalue weighted by Gasteiger charge is 2.20. The Morgan fingerprint density at radius 1 is 1.41 bits per heavy atom. The van der Waals surface area contributed by atoms with Gasteiger partial charge in [-0.1, -0.05) is 6.92 Å². The summed E-state index contributed by atoms with van der Waals surface area (Å²) in [4.78, 5) is 26.0. The molecule has 0 bridgehead atoms. The van der Waals surface area contributed by atoms with E-state index in [-0.39, 0.29) is 12.5 Å². The minimum atomic E-state index is -0.837. The van der Waals surface area contributed by atoms with Gasteiger partial charge in [-0.05, 0) is 7.05 Å². The van der Waals surface area contributed by atoms with Gasteiger partial charge in [-0.3, -0.25) is 14.5 Å². The van der Waals surface area contributed by atoms with Gasteiger partial charge >= 0.3 is 5.97 Å². The molecule has 0 aromatic carbocycles. The molecule has 1 heterocycles. The molecule has 1 fully saturated rings. The molecular weight excluding hydrogens is 224 g/mol. The zero-order valence-corrected chi connectivity index (χ0v) is 10.4. The molecule has 1 rings (SSSR count). The number of carboxylic acids is 1. The first-order valence-corrected chi connectivity index (χ1v) is 5.77. The summed E-state index contributed by atoms with van der Waals surface area (Å²) in [5, 5.41) is 8.78. The van der Waals surface area contributed by atoms with Crippen LogP contribution in [-0.4, -0.2) is 73.2 Å². The fourth-order valence-corrected chi connectivity index (χ4v) is 1.75. The van der Waals surface area contributed by atoms with E-state index in [1.165, 1.54) is 0 Å². The minimum absolute atomic E-state index is 0.0355. The Bertz CT molecular complexity index is 277. The second kappa shape index (κ2) is 6.56. The number of carboxylic acid groups (broad SMARTS) is 1. The van der Waals surface area contributed by atoms with E-state index in [2.05, 4.69) is 0 Å². The molecule has 6 heteroatoms. The van der Waals surface area contributed by atoms with E-state index in [0.29, 0.717) is 32.8 Å². The molecule has 98 valence electrons. The van der Waals surface area contributed by atoms with Crippen molar-refractivity contribution in [1.82, 2.24) is 9.80 Å². The third-order valence-corrected chi connectivity index (χ3v) is 2.78. The summed E-state index contributed by atoms with van der Waals surface area (Å²) in [5.41, 5.74) is 0. The number of amides is 1. The van der Waals surface area contributed by atoms with Crippen molar-refractivity contribution in [3.63, 3.8) is 0 Å². The highest BCUT2D eigenvalue weighted by molar-refractivity contribution is 5.78. The van der Waals surface area contributed by atoms with Gasteiger partial charge in [0.15, 0.2) is 0 Å². The third kappa shape index (κ3) is 4.70. The fraction of sp³-hybridized carbons (Fsp3) is 0.818. The number of likely N-dealkylation sites (N-methyl/N-ethyl adjacent to an activating group) is 1. The number of hydrogen-bond acceptors (Lipinski definition) is 4. The smallest absolute Gasteiger partial charge is 0.307 e. The minimum Gasteiger partial charge on any atom is -0.481 e. The van der Waals surface area contributed by atoms with Crippen molar-refractivity contribution in [2.75, 3.05) is 46.4 Å². The van der Waals surface area contributed by atoms with Gasteiger partial charge in [-0.2, -0.15) is 0 Å². The normalized spacial score (nSPS) is 18.2. The lowest BCUT2D eigenvalue weighted by Crippen LogP contribution is -2.45. The summed E-state index contributed by atoms with van der Waals surface area (Å²) < 4.78 is 5.17. The fourth-order valence-electron chi connectivity index (χ4n) is 1.75. The summed E-state index contributed by atoms with van der Waals surface area (Å²) in [7, 11) is 1.76. The van der Waals surface area contributed by atoms with E-state index < -0.39 is 11.9 Å². The lowest BCUT2D eigenvalue weighted by atomic mass is 10.2. The van der Waals surface area contributed by atoms with Crippen LogP contribution in [0, 0.1) is 5.92 Å². The second-order valence-electron chi connectivity index (χ2n) is 4.43. The Morgan fingerprint density at radius 3 is 2.53 bits per heavy atom. The van der Waals surface area contributed by atoms with E-state index in [9.17, 15) is 9.59 Å². The summed E-state index contributed by atoms with van der Waals surface area (Å²) in [6.07, 6.45) is 0. The van der Waals surface area contributed by atoms with Crippen molar-refractivity contribution in [2.24, 2.45) is 5.92 Å². The van der Waals surface area contributed by atoms with Crippen molar-refractivity contribution in [1.29, 1.82) is 0 Å². The Balaban J connectivity index is 2.31. The highest BCUT2D eigenvalue weighted by Crippen LogP contribution is 2.01. The van der Waals surface area contributed by atoms with E-state index in [4.69, 9.17) is 9.84 Å². The predicted octanol–water partition coefficient (Wildman–Crippen LogP) is -0.502. The van der Waals surface area contributed by atoms with Crippen LogP contribution in [0.3, 0.4) is 0 Å². The van der Waals surface area contributed by atoms with Crippen molar-refractivity contribution >= 4 is 11.9 Å². The van der Waals surface area contributed by atoms with Crippen LogP contribution in [0.25, 0.3) is 0 Å². The zero-order chi connectivity index (χ0) is 12.8. The van der Waals surface area contributed by atoms with Gasteiger partial charge in [-0.15, -0.1) is 0 Å². The monoisotopic (exact) mass is 244 g/mol. The second-order valence-corrected chi connectivity index (χ2v) is 4.43. The molecular formula is C11H20N2O4. The van der Waals surface area contributed by atoms with Crippen LogP contribution in [0.1, 0.15) is 6.92 Å². The molecule has 1 N–H and O–H groups in total. The maximum Gasteiger partial charge on any atom is 0.307 e. The van der Waals surface area contributed by atoms with Gasteiger partial charge in [0, 0.05) is 19.6 Å². The van der Waals surface area contributed by atoms with Gasteiger partial charge in [-0.25, -0.2) is 0 Å². The van der Waals surface area contributed by atoms with Crippen molar-refractivity contribution in [2.45, 2.75) is 6.92 Å². The molecule has 1 aliphatic heterocycles. The first-order valence-electron chi connectivity index (χ1n) is 5.77. The van der Waals surface area contributed by atoms with Crippen LogP contribution in [0.2, 0.25) is 0 Å². The van der Waals surface area contributed by atoms with E-state index in [1.54, 1.807) is 23.8 Å². The van der Waals surface area contributed by atoms with Crippen LogP contribution in [0.5, 0.6) is 0 Å². The van der Waals surface area contributed by atoms with Gasteiger partial charge < -0.3 is 14.7 Å². The SMILES string of the molecule is CC(CN(C)CC(=O)N1CCOCC1)C(=O)O. The summed E-state index contributed by atoms with van der Waals surface area (Å²) >= 11 is 0. The van der Waals surface area contributed by atoms with Crippen LogP contribution in [0.4, 0.5) is 0 Å². The maximum absolute atomic E-state index is 11.8. The largest absolute Gasteiger partial charge is 0.481 e. The Kier molecular flexibility index (Phi) is 5.37. The van der Waals surface area contributed by atoms with Crippen molar-refractivity contribution in [3.8, 4) is 0 Å². The quantitative estimate of drug-likeness (QED) is 0.706. The van der Waals surface area contributed by atoms with Crippen molar-refractivity contribution in [3.05, 3.63) is 0 Å². The third-order valence-electron chi connectivity index (χ3n) is 2.78. The van der Waals surface area contributed by atoms with Crippen molar-refractivity contribution < 1.29 is 19.4 Å². The molecule has 0 saturated carbocycles. The molecule has 1 amide bonds. The molecule has 1 unspecified atom stereocenters. The maximum atomic E-state index is 11.8. The molecule has 0 aromatic heterocycles. The molecule has 17 heavy (non-hydrogen) atoms. The first-order chi connectivity index (χ1) is 8.00. The average molecular weight is 244 g/mol. The van der Waals surface area contributed by atoms with Crippen LogP contribution >= 0.6 is 0 Å². The number of rotatable bonds is 5. The Morgan fingerprint density at radius 2 is 2.00 bits per heavy atom. The first kappa shape index (κ1) is 13.9. The number of ether oxygens (including phenoxy) is 1. The zero-order valence-electron chi connectivity index (χ0n) is 10.4. The molecule has 1 saturated heterocycles. The predicted molar refractivity (Wildman–Crippen MR) is 61.7 cm³/mol. The number of aliphatic carboxylic acids is 1. The topological polar surface area (TPSA) is 70.1 Å². The molecule has 0 radical (unpaired) electrons.